The van der Waals surface area contributed by atoms with Crippen molar-refractivity contribution in [3.8, 4) is 0 Å². The maximum absolute atomic E-state index is 12.6. The average Bonchev–Trinajstić information content (AvgIpc) is 3.37. The van der Waals surface area contributed by atoms with Gasteiger partial charge < -0.3 is 33.7 Å². The number of carbonyl (C=O) groups is 1. The van der Waals surface area contributed by atoms with Gasteiger partial charge in [-0.2, -0.15) is 4.98 Å². The van der Waals surface area contributed by atoms with Crippen molar-refractivity contribution in [2.45, 2.75) is 58.0 Å². The van der Waals surface area contributed by atoms with Gasteiger partial charge in [0, 0.05) is 0 Å². The Morgan fingerprint density at radius 3 is 2.62 bits per heavy atom. The molecule has 0 saturated carbocycles. The molecule has 34 heavy (non-hydrogen) atoms. The van der Waals surface area contributed by atoms with Gasteiger partial charge in [0.2, 0.25) is 5.95 Å². The molecule has 4 rings (SSSR count). The Labute approximate surface area is 194 Å². The number of carbonyl (C=O) groups excluding carboxylic acids is 1. The number of nitrogens with zero attached hydrogens (tertiary/aromatic N) is 3. The maximum Gasteiger partial charge on any atom is 0.341 e. The predicted molar refractivity (Wildman–Crippen MR) is 117 cm³/mol. The van der Waals surface area contributed by atoms with E-state index < -0.39 is 55.6 Å². The standard InChI is InChI=1S/C19H28N5O9P/c1-5-29-34(27,30-6-2)8-11(25)28-7-10-13-14(33-19(3,4)32-13)17(31-10)24-9-21-12-15(24)22-18(20)23-16(12)26/h9-10,13-14,17H,5-8H2,1-4H3,(H3,20,22,23,26)/t10-,13-,14-,17-/m1/s1. The van der Waals surface area contributed by atoms with Crippen molar-refractivity contribution < 1.29 is 37.4 Å². The molecular formula is C19H28N5O9P. The first kappa shape index (κ1) is 24.8. The molecule has 0 amide bonds. The van der Waals surface area contributed by atoms with Crippen LogP contribution in [0.3, 0.4) is 0 Å². The lowest BCUT2D eigenvalue weighted by atomic mass is 10.1. The molecule has 2 fully saturated rings. The number of nitrogens with two attached hydrogens (primary N) is 1. The number of aromatic nitrogens is 4. The Bertz CT molecular complexity index is 1150. The number of hydrogen-bond donors (Lipinski definition) is 2. The molecule has 4 heterocycles. The molecule has 188 valence electrons. The lowest BCUT2D eigenvalue weighted by Gasteiger charge is -2.24. The highest BCUT2D eigenvalue weighted by atomic mass is 31.2. The van der Waals surface area contributed by atoms with Gasteiger partial charge in [-0.25, -0.2) is 4.98 Å². The van der Waals surface area contributed by atoms with Crippen molar-refractivity contribution in [2.75, 3.05) is 31.7 Å². The highest BCUT2D eigenvalue weighted by Crippen LogP contribution is 2.48. The van der Waals surface area contributed by atoms with Crippen molar-refractivity contribution >= 4 is 30.7 Å². The van der Waals surface area contributed by atoms with Gasteiger partial charge in [0.25, 0.3) is 5.56 Å². The van der Waals surface area contributed by atoms with E-state index in [1.165, 1.54) is 10.9 Å². The first-order valence-corrected chi connectivity index (χ1v) is 12.6. The topological polar surface area (TPSA) is 179 Å². The molecule has 4 atom stereocenters. The minimum Gasteiger partial charge on any atom is -0.462 e. The number of anilines is 1. The Hall–Kier alpha value is -2.35. The second-order valence-electron chi connectivity index (χ2n) is 8.19. The van der Waals surface area contributed by atoms with Crippen LogP contribution in [0.2, 0.25) is 0 Å². The fourth-order valence-electron chi connectivity index (χ4n) is 4.05. The summed E-state index contributed by atoms with van der Waals surface area (Å²) in [5, 5.41) is 0. The minimum atomic E-state index is -3.60. The van der Waals surface area contributed by atoms with Crippen LogP contribution in [0.1, 0.15) is 33.9 Å². The van der Waals surface area contributed by atoms with Gasteiger partial charge in [0.05, 0.1) is 19.5 Å². The normalized spacial score (nSPS) is 26.1. The van der Waals surface area contributed by atoms with Crippen LogP contribution < -0.4 is 11.3 Å². The molecule has 2 aliphatic heterocycles. The second-order valence-corrected chi connectivity index (χ2v) is 10.2. The fourth-order valence-corrected chi connectivity index (χ4v) is 5.50. The monoisotopic (exact) mass is 501 g/mol. The second kappa shape index (κ2) is 9.36. The van der Waals surface area contributed by atoms with Gasteiger partial charge >= 0.3 is 13.6 Å². The summed E-state index contributed by atoms with van der Waals surface area (Å²) in [4.78, 5) is 35.2. The van der Waals surface area contributed by atoms with Gasteiger partial charge in [-0.3, -0.25) is 23.7 Å². The Morgan fingerprint density at radius 1 is 1.26 bits per heavy atom. The Morgan fingerprint density at radius 2 is 1.94 bits per heavy atom. The molecule has 2 aliphatic rings. The van der Waals surface area contributed by atoms with Gasteiger partial charge in [0.15, 0.2) is 23.2 Å². The molecule has 0 unspecified atom stereocenters. The fraction of sp³-hybridized carbons (Fsp3) is 0.684. The zero-order valence-corrected chi connectivity index (χ0v) is 20.2. The van der Waals surface area contributed by atoms with Gasteiger partial charge in [0.1, 0.15) is 31.1 Å². The maximum atomic E-state index is 12.6. The Kier molecular flexibility index (Phi) is 6.82. The van der Waals surface area contributed by atoms with E-state index in [-0.39, 0.29) is 36.9 Å². The molecule has 2 aromatic rings. The number of esters is 1. The van der Waals surface area contributed by atoms with E-state index in [9.17, 15) is 14.2 Å². The quantitative estimate of drug-likeness (QED) is 0.367. The van der Waals surface area contributed by atoms with Crippen LogP contribution in [0.15, 0.2) is 11.1 Å². The smallest absolute Gasteiger partial charge is 0.341 e. The number of ether oxygens (including phenoxy) is 4. The highest BCUT2D eigenvalue weighted by molar-refractivity contribution is 7.54. The van der Waals surface area contributed by atoms with Crippen LogP contribution in [-0.4, -0.2) is 75.6 Å². The summed E-state index contributed by atoms with van der Waals surface area (Å²) < 4.78 is 47.9. The molecule has 2 saturated heterocycles. The number of hydrogen-bond acceptors (Lipinski definition) is 12. The summed E-state index contributed by atoms with van der Waals surface area (Å²) >= 11 is 0. The van der Waals surface area contributed by atoms with Crippen LogP contribution in [-0.2, 0) is 37.4 Å². The van der Waals surface area contributed by atoms with Gasteiger partial charge in [-0.15, -0.1) is 0 Å². The number of nitrogen functional groups attached to an aromatic ring is 1. The highest BCUT2D eigenvalue weighted by Gasteiger charge is 2.56. The molecule has 0 spiro atoms. The predicted octanol–water partition coefficient (Wildman–Crippen LogP) is 0.929. The summed E-state index contributed by atoms with van der Waals surface area (Å²) in [7, 11) is -3.60. The first-order valence-electron chi connectivity index (χ1n) is 10.8. The third kappa shape index (κ3) is 4.88. The van der Waals surface area contributed by atoms with Crippen LogP contribution in [0.25, 0.3) is 11.2 Å². The lowest BCUT2D eigenvalue weighted by Crippen LogP contribution is -2.34. The Balaban J connectivity index is 1.52. The summed E-state index contributed by atoms with van der Waals surface area (Å²) in [5.41, 5.74) is 5.51. The largest absolute Gasteiger partial charge is 0.462 e. The number of aromatic amines is 1. The number of fused-ring (bicyclic) bond motifs is 2. The third-order valence-corrected chi connectivity index (χ3v) is 7.18. The van der Waals surface area contributed by atoms with Gasteiger partial charge in [-0.05, 0) is 27.7 Å². The average molecular weight is 501 g/mol. The first-order chi connectivity index (χ1) is 16.1. The van der Waals surface area contributed by atoms with E-state index in [4.69, 9.17) is 33.7 Å². The molecule has 0 aliphatic carbocycles. The minimum absolute atomic E-state index is 0.0729. The number of nitrogens with one attached hydrogen (secondary N) is 1. The molecule has 2 aromatic heterocycles. The van der Waals surface area contributed by atoms with Crippen LogP contribution in [0.5, 0.6) is 0 Å². The van der Waals surface area contributed by atoms with Crippen molar-refractivity contribution in [2.24, 2.45) is 0 Å². The summed E-state index contributed by atoms with van der Waals surface area (Å²) in [5.74, 6) is -1.77. The SMILES string of the molecule is CCOP(=O)(CC(=O)OC[C@H]1O[C@@H](n2cnc3c(=O)[nH]c(N)nc32)[C@@H]2OC(C)(C)O[C@@H]21)OCC. The summed E-state index contributed by atoms with van der Waals surface area (Å²) in [6.45, 7) is 6.86. The summed E-state index contributed by atoms with van der Waals surface area (Å²) in [6, 6.07) is 0. The van der Waals surface area contributed by atoms with Crippen LogP contribution >= 0.6 is 7.60 Å². The molecule has 0 bridgehead atoms. The van der Waals surface area contributed by atoms with Gasteiger partial charge in [-0.1, -0.05) is 0 Å². The summed E-state index contributed by atoms with van der Waals surface area (Å²) in [6.07, 6.45) is -1.85. The molecule has 15 heteroatoms. The van der Waals surface area contributed by atoms with Crippen molar-refractivity contribution in [3.05, 3.63) is 16.7 Å². The molecule has 0 aromatic carbocycles. The lowest BCUT2D eigenvalue weighted by molar-refractivity contribution is -0.201. The molecular weight excluding hydrogens is 473 g/mol. The van der Waals surface area contributed by atoms with E-state index >= 15 is 0 Å². The van der Waals surface area contributed by atoms with E-state index in [2.05, 4.69) is 15.0 Å². The molecule has 14 nitrogen and oxygen atoms in total. The van der Waals surface area contributed by atoms with Crippen molar-refractivity contribution in [1.82, 2.24) is 19.5 Å². The van der Waals surface area contributed by atoms with Crippen LogP contribution in [0.4, 0.5) is 5.95 Å². The van der Waals surface area contributed by atoms with E-state index in [0.717, 1.165) is 0 Å². The van der Waals surface area contributed by atoms with Crippen molar-refractivity contribution in [3.63, 3.8) is 0 Å². The zero-order valence-electron chi connectivity index (χ0n) is 19.3. The van der Waals surface area contributed by atoms with Crippen LogP contribution in [0, 0.1) is 0 Å². The van der Waals surface area contributed by atoms with E-state index in [1.54, 1.807) is 27.7 Å². The third-order valence-electron chi connectivity index (χ3n) is 5.23. The number of H-pyrrole nitrogens is 1. The van der Waals surface area contributed by atoms with E-state index in [0.29, 0.717) is 0 Å². The van der Waals surface area contributed by atoms with Crippen molar-refractivity contribution in [1.29, 1.82) is 0 Å². The molecule has 0 radical (unpaired) electrons. The van der Waals surface area contributed by atoms with E-state index in [1.807, 2.05) is 0 Å². The number of imidazole rings is 1. The molecule has 3 N–H and O–H groups in total. The number of rotatable bonds is 9. The zero-order chi connectivity index (χ0) is 24.7.